The lowest BCUT2D eigenvalue weighted by Gasteiger charge is -2.20. The summed E-state index contributed by atoms with van der Waals surface area (Å²) < 4.78 is 5.76. The van der Waals surface area contributed by atoms with Gasteiger partial charge in [-0.2, -0.15) is 11.3 Å². The second-order valence-electron chi connectivity index (χ2n) is 5.91. The molecule has 2 bridgehead atoms. The van der Waals surface area contributed by atoms with Gasteiger partial charge in [-0.1, -0.05) is 12.1 Å². The molecule has 0 spiro atoms. The van der Waals surface area contributed by atoms with Gasteiger partial charge in [0.1, 0.15) is 0 Å². The third-order valence-corrected chi connectivity index (χ3v) is 5.08. The van der Waals surface area contributed by atoms with E-state index >= 15 is 0 Å². The van der Waals surface area contributed by atoms with Gasteiger partial charge in [-0.3, -0.25) is 0 Å². The van der Waals surface area contributed by atoms with Gasteiger partial charge < -0.3 is 15.4 Å². The van der Waals surface area contributed by atoms with E-state index in [1.807, 2.05) is 18.2 Å². The van der Waals surface area contributed by atoms with Gasteiger partial charge in [0.05, 0.1) is 18.2 Å². The largest absolute Gasteiger partial charge is 0.373 e. The van der Waals surface area contributed by atoms with Gasteiger partial charge in [0.15, 0.2) is 0 Å². The fraction of sp³-hybridized carbons (Fsp3) is 0.353. The van der Waals surface area contributed by atoms with Gasteiger partial charge in [0, 0.05) is 5.69 Å². The lowest BCUT2D eigenvalue weighted by atomic mass is 9.96. The van der Waals surface area contributed by atoms with Crippen LogP contribution in [0.1, 0.15) is 19.3 Å². The molecular weight excluding hydrogens is 296 g/mol. The molecule has 2 fully saturated rings. The van der Waals surface area contributed by atoms with Crippen LogP contribution in [0.15, 0.2) is 41.1 Å². The molecule has 2 N–H and O–H groups in total. The Bertz CT molecular complexity index is 671. The number of hydrogen-bond donors (Lipinski definition) is 2. The lowest BCUT2D eigenvalue weighted by molar-refractivity contribution is 0.0984. The normalized spacial score (nSPS) is 26.1. The monoisotopic (exact) mass is 314 g/mol. The van der Waals surface area contributed by atoms with Crippen molar-refractivity contribution in [2.24, 2.45) is 0 Å². The van der Waals surface area contributed by atoms with Crippen LogP contribution >= 0.6 is 11.3 Å². The van der Waals surface area contributed by atoms with Crippen molar-refractivity contribution in [3.8, 4) is 11.1 Å². The Balaban J connectivity index is 1.40. The Morgan fingerprint density at radius 3 is 2.91 bits per heavy atom. The number of carbonyl (C=O) groups excluding carboxylic acids is 1. The number of hydrogen-bond acceptors (Lipinski definition) is 3. The van der Waals surface area contributed by atoms with E-state index < -0.39 is 0 Å². The Kier molecular flexibility index (Phi) is 3.60. The first kappa shape index (κ1) is 13.8. The van der Waals surface area contributed by atoms with Crippen LogP contribution in [0.4, 0.5) is 10.5 Å². The van der Waals surface area contributed by atoms with E-state index in [0.717, 1.165) is 30.5 Å². The number of benzene rings is 1. The predicted octanol–water partition coefficient (Wildman–Crippen LogP) is 3.86. The highest BCUT2D eigenvalue weighted by Gasteiger charge is 2.41. The van der Waals surface area contributed by atoms with Crippen molar-refractivity contribution >= 4 is 23.1 Å². The minimum atomic E-state index is -0.149. The number of urea groups is 1. The zero-order valence-corrected chi connectivity index (χ0v) is 12.9. The van der Waals surface area contributed by atoms with Gasteiger partial charge >= 0.3 is 6.03 Å². The Labute approximate surface area is 133 Å². The van der Waals surface area contributed by atoms with Crippen LogP contribution in [0, 0.1) is 0 Å². The standard InChI is InChI=1S/C17H18N2O2S/c20-17(19-15-9-14-4-5-16(15)21-14)18-13-3-1-2-11(8-13)12-6-7-22-10-12/h1-3,6-8,10,14-16H,4-5,9H2,(H2,18,19,20)/t14-,15-,16-/m1/s1. The number of amides is 2. The maximum atomic E-state index is 12.2. The van der Waals surface area contributed by atoms with Crippen LogP contribution in [0.25, 0.3) is 11.1 Å². The molecule has 114 valence electrons. The van der Waals surface area contributed by atoms with E-state index in [9.17, 15) is 4.79 Å². The van der Waals surface area contributed by atoms with Gasteiger partial charge in [-0.25, -0.2) is 4.79 Å². The molecule has 0 radical (unpaired) electrons. The summed E-state index contributed by atoms with van der Waals surface area (Å²) in [6, 6.07) is 10.0. The summed E-state index contributed by atoms with van der Waals surface area (Å²) in [6.07, 6.45) is 3.67. The van der Waals surface area contributed by atoms with Crippen LogP contribution in [0.3, 0.4) is 0 Å². The number of nitrogens with one attached hydrogen (secondary N) is 2. The molecule has 4 nitrogen and oxygen atoms in total. The molecule has 2 aliphatic rings. The van der Waals surface area contributed by atoms with Crippen molar-refractivity contribution < 1.29 is 9.53 Å². The van der Waals surface area contributed by atoms with Gasteiger partial charge in [-0.15, -0.1) is 0 Å². The number of rotatable bonds is 3. The van der Waals surface area contributed by atoms with Gasteiger partial charge in [0.2, 0.25) is 0 Å². The summed E-state index contributed by atoms with van der Waals surface area (Å²) in [4.78, 5) is 12.2. The molecule has 1 aromatic carbocycles. The van der Waals surface area contributed by atoms with Crippen LogP contribution in [-0.2, 0) is 4.74 Å². The van der Waals surface area contributed by atoms with Gasteiger partial charge in [0.25, 0.3) is 0 Å². The first-order valence-corrected chi connectivity index (χ1v) is 8.58. The molecule has 3 atom stereocenters. The second kappa shape index (κ2) is 5.74. The lowest BCUT2D eigenvalue weighted by Crippen LogP contribution is -2.43. The summed E-state index contributed by atoms with van der Waals surface area (Å²) in [6.45, 7) is 0. The fourth-order valence-corrected chi connectivity index (χ4v) is 4.00. The number of ether oxygens (including phenoxy) is 1. The maximum Gasteiger partial charge on any atom is 0.319 e. The third-order valence-electron chi connectivity index (χ3n) is 4.40. The van der Waals surface area contributed by atoms with E-state index in [-0.39, 0.29) is 18.2 Å². The minimum absolute atomic E-state index is 0.149. The molecule has 4 rings (SSSR count). The quantitative estimate of drug-likeness (QED) is 0.904. The molecule has 2 amide bonds. The molecule has 2 aromatic rings. The highest BCUT2D eigenvalue weighted by atomic mass is 32.1. The molecule has 1 aromatic heterocycles. The molecular formula is C17H18N2O2S. The highest BCUT2D eigenvalue weighted by Crippen LogP contribution is 2.34. The smallest absolute Gasteiger partial charge is 0.319 e. The average molecular weight is 314 g/mol. The van der Waals surface area contributed by atoms with Crippen molar-refractivity contribution in [3.05, 3.63) is 41.1 Å². The summed E-state index contributed by atoms with van der Waals surface area (Å²) in [5, 5.41) is 10.1. The summed E-state index contributed by atoms with van der Waals surface area (Å²) in [5.41, 5.74) is 3.10. The Morgan fingerprint density at radius 2 is 2.18 bits per heavy atom. The minimum Gasteiger partial charge on any atom is -0.373 e. The zero-order valence-electron chi connectivity index (χ0n) is 12.1. The van der Waals surface area contributed by atoms with Gasteiger partial charge in [-0.05, 0) is 59.3 Å². The molecule has 22 heavy (non-hydrogen) atoms. The van der Waals surface area contributed by atoms with Crippen molar-refractivity contribution in [2.45, 2.75) is 37.5 Å². The zero-order chi connectivity index (χ0) is 14.9. The van der Waals surface area contributed by atoms with E-state index in [4.69, 9.17) is 4.74 Å². The van der Waals surface area contributed by atoms with Crippen LogP contribution in [0.5, 0.6) is 0 Å². The first-order chi connectivity index (χ1) is 10.8. The molecule has 0 aliphatic carbocycles. The van der Waals surface area contributed by atoms with Crippen LogP contribution < -0.4 is 10.6 Å². The fourth-order valence-electron chi connectivity index (χ4n) is 3.33. The molecule has 0 saturated carbocycles. The Morgan fingerprint density at radius 1 is 1.23 bits per heavy atom. The number of carbonyl (C=O) groups is 1. The number of fused-ring (bicyclic) bond motifs is 2. The summed E-state index contributed by atoms with van der Waals surface area (Å²) in [5.74, 6) is 0. The second-order valence-corrected chi connectivity index (χ2v) is 6.69. The van der Waals surface area contributed by atoms with Crippen LogP contribution in [-0.4, -0.2) is 24.3 Å². The van der Waals surface area contributed by atoms with Crippen molar-refractivity contribution in [3.63, 3.8) is 0 Å². The highest BCUT2D eigenvalue weighted by molar-refractivity contribution is 7.08. The number of anilines is 1. The van der Waals surface area contributed by atoms with E-state index in [1.165, 1.54) is 5.56 Å². The van der Waals surface area contributed by atoms with Crippen molar-refractivity contribution in [1.82, 2.24) is 5.32 Å². The average Bonchev–Trinajstić information content (AvgIpc) is 3.25. The van der Waals surface area contributed by atoms with E-state index in [1.54, 1.807) is 11.3 Å². The molecule has 0 unspecified atom stereocenters. The van der Waals surface area contributed by atoms with Crippen LogP contribution in [0.2, 0.25) is 0 Å². The first-order valence-electron chi connectivity index (χ1n) is 7.63. The number of thiophene rings is 1. The maximum absolute atomic E-state index is 12.2. The molecule has 5 heteroatoms. The molecule has 2 aliphatic heterocycles. The third kappa shape index (κ3) is 2.74. The topological polar surface area (TPSA) is 50.4 Å². The van der Waals surface area contributed by atoms with E-state index in [0.29, 0.717) is 6.10 Å². The molecule has 3 heterocycles. The predicted molar refractivity (Wildman–Crippen MR) is 88.2 cm³/mol. The SMILES string of the molecule is O=C(Nc1cccc(-c2ccsc2)c1)N[C@@H]1C[C@H]2CC[C@H]1O2. The van der Waals surface area contributed by atoms with E-state index in [2.05, 4.69) is 33.5 Å². The van der Waals surface area contributed by atoms with Crippen molar-refractivity contribution in [1.29, 1.82) is 0 Å². The molecule has 2 saturated heterocycles. The summed E-state index contributed by atoms with van der Waals surface area (Å²) >= 11 is 1.67. The summed E-state index contributed by atoms with van der Waals surface area (Å²) in [7, 11) is 0. The Hall–Kier alpha value is -1.85. The van der Waals surface area contributed by atoms with Crippen molar-refractivity contribution in [2.75, 3.05) is 5.32 Å².